The van der Waals surface area contributed by atoms with E-state index in [9.17, 15) is 0 Å². The van der Waals surface area contributed by atoms with Crippen LogP contribution in [0.5, 0.6) is 0 Å². The average molecular weight is 260 g/mol. The van der Waals surface area contributed by atoms with Crippen LogP contribution in [-0.4, -0.2) is 15.4 Å². The summed E-state index contributed by atoms with van der Waals surface area (Å²) < 4.78 is 4.22. The molecule has 5 heteroatoms. The molecule has 2 aromatic rings. The number of nitrogen functional groups attached to an aromatic ring is 1. The second-order valence-electron chi connectivity index (χ2n) is 4.08. The first kappa shape index (κ1) is 12.6. The van der Waals surface area contributed by atoms with Gasteiger partial charge in [0, 0.05) is 18.4 Å². The minimum Gasteiger partial charge on any atom is -0.382 e. The molecule has 0 saturated heterocycles. The Morgan fingerprint density at radius 1 is 1.50 bits per heavy atom. The molecule has 0 fully saturated rings. The fourth-order valence-corrected chi connectivity index (χ4v) is 2.58. The van der Waals surface area contributed by atoms with Gasteiger partial charge in [0.2, 0.25) is 0 Å². The fraction of sp³-hybridized carbons (Fsp3) is 0.231. The summed E-state index contributed by atoms with van der Waals surface area (Å²) in [6, 6.07) is 4.18. The van der Waals surface area contributed by atoms with Crippen LogP contribution in [0.1, 0.15) is 13.3 Å². The van der Waals surface area contributed by atoms with Gasteiger partial charge in [-0.05, 0) is 42.6 Å². The number of hydrogen-bond acceptors (Lipinski definition) is 5. The van der Waals surface area contributed by atoms with Crippen molar-refractivity contribution in [2.75, 3.05) is 11.1 Å². The monoisotopic (exact) mass is 260 g/mol. The lowest BCUT2D eigenvalue weighted by Crippen LogP contribution is -2.13. The molecule has 2 aromatic heterocycles. The molecule has 0 saturated carbocycles. The normalized spacial score (nSPS) is 12.1. The highest BCUT2D eigenvalue weighted by Crippen LogP contribution is 2.36. The predicted molar refractivity (Wildman–Crippen MR) is 77.7 cm³/mol. The van der Waals surface area contributed by atoms with E-state index in [0.717, 1.165) is 22.5 Å². The van der Waals surface area contributed by atoms with Crippen molar-refractivity contribution in [3.8, 4) is 11.1 Å². The third-order valence-electron chi connectivity index (χ3n) is 2.59. The molecule has 0 aliphatic heterocycles. The standard InChI is InChI=1S/C13H16N4S/c1-3-4-9(2)16-13-11(12(14)17-18-13)10-5-7-15-8-6-10/h3,5-9,16H,1,4H2,2H3,(H2,14,17). The zero-order valence-electron chi connectivity index (χ0n) is 10.3. The summed E-state index contributed by atoms with van der Waals surface area (Å²) >= 11 is 1.38. The van der Waals surface area contributed by atoms with Gasteiger partial charge in [-0.2, -0.15) is 4.37 Å². The Balaban J connectivity index is 2.30. The molecule has 0 bridgehead atoms. The van der Waals surface area contributed by atoms with Gasteiger partial charge in [0.15, 0.2) is 0 Å². The molecule has 0 aromatic carbocycles. The van der Waals surface area contributed by atoms with Crippen LogP contribution in [0.25, 0.3) is 11.1 Å². The van der Waals surface area contributed by atoms with Crippen LogP contribution >= 0.6 is 11.5 Å². The van der Waals surface area contributed by atoms with Gasteiger partial charge in [0.05, 0.1) is 5.56 Å². The van der Waals surface area contributed by atoms with Crippen molar-refractivity contribution < 1.29 is 0 Å². The van der Waals surface area contributed by atoms with Crippen LogP contribution in [0.15, 0.2) is 37.2 Å². The van der Waals surface area contributed by atoms with Gasteiger partial charge in [0.25, 0.3) is 0 Å². The third kappa shape index (κ3) is 2.68. The SMILES string of the molecule is C=CCC(C)Nc1snc(N)c1-c1ccncc1. The van der Waals surface area contributed by atoms with Gasteiger partial charge in [-0.15, -0.1) is 6.58 Å². The van der Waals surface area contributed by atoms with Crippen LogP contribution in [-0.2, 0) is 0 Å². The zero-order chi connectivity index (χ0) is 13.0. The fourth-order valence-electron chi connectivity index (χ4n) is 1.73. The van der Waals surface area contributed by atoms with Gasteiger partial charge >= 0.3 is 0 Å². The summed E-state index contributed by atoms with van der Waals surface area (Å²) in [7, 11) is 0. The highest BCUT2D eigenvalue weighted by atomic mass is 32.1. The predicted octanol–water partition coefficient (Wildman–Crippen LogP) is 3.16. The van der Waals surface area contributed by atoms with Crippen LogP contribution in [0.2, 0.25) is 0 Å². The Bertz CT molecular complexity index is 521. The molecule has 0 aliphatic rings. The van der Waals surface area contributed by atoms with Crippen LogP contribution in [0.4, 0.5) is 10.8 Å². The number of nitrogens with one attached hydrogen (secondary N) is 1. The van der Waals surface area contributed by atoms with E-state index < -0.39 is 0 Å². The van der Waals surface area contributed by atoms with Crippen molar-refractivity contribution in [1.29, 1.82) is 0 Å². The highest BCUT2D eigenvalue weighted by molar-refractivity contribution is 7.11. The maximum absolute atomic E-state index is 5.94. The van der Waals surface area contributed by atoms with E-state index in [2.05, 4.69) is 28.2 Å². The Kier molecular flexibility index (Phi) is 3.94. The van der Waals surface area contributed by atoms with E-state index in [1.54, 1.807) is 12.4 Å². The van der Waals surface area contributed by atoms with E-state index >= 15 is 0 Å². The highest BCUT2D eigenvalue weighted by Gasteiger charge is 2.14. The first-order chi connectivity index (χ1) is 8.72. The van der Waals surface area contributed by atoms with Crippen LogP contribution in [0.3, 0.4) is 0 Å². The third-order valence-corrected chi connectivity index (χ3v) is 3.38. The largest absolute Gasteiger partial charge is 0.382 e. The Morgan fingerprint density at radius 2 is 2.22 bits per heavy atom. The first-order valence-electron chi connectivity index (χ1n) is 5.75. The number of hydrogen-bond donors (Lipinski definition) is 2. The molecule has 18 heavy (non-hydrogen) atoms. The van der Waals surface area contributed by atoms with E-state index in [1.807, 2.05) is 18.2 Å². The van der Waals surface area contributed by atoms with Gasteiger partial charge in [-0.1, -0.05) is 6.08 Å². The molecule has 0 spiro atoms. The lowest BCUT2D eigenvalue weighted by atomic mass is 10.1. The lowest BCUT2D eigenvalue weighted by molar-refractivity contribution is 0.818. The number of nitrogens with two attached hydrogens (primary N) is 1. The molecule has 94 valence electrons. The van der Waals surface area contributed by atoms with Gasteiger partial charge in [-0.25, -0.2) is 0 Å². The molecular formula is C13H16N4S. The summed E-state index contributed by atoms with van der Waals surface area (Å²) in [5, 5.41) is 4.41. The van der Waals surface area contributed by atoms with Gasteiger partial charge in [-0.3, -0.25) is 4.98 Å². The lowest BCUT2D eigenvalue weighted by Gasteiger charge is -2.12. The Morgan fingerprint density at radius 3 is 2.89 bits per heavy atom. The molecule has 0 aliphatic carbocycles. The topological polar surface area (TPSA) is 63.8 Å². The van der Waals surface area contributed by atoms with Gasteiger partial charge < -0.3 is 11.1 Å². The number of aromatic nitrogens is 2. The van der Waals surface area contributed by atoms with E-state index in [-0.39, 0.29) is 0 Å². The second kappa shape index (κ2) is 5.64. The molecule has 4 nitrogen and oxygen atoms in total. The number of nitrogens with zero attached hydrogens (tertiary/aromatic N) is 2. The Hall–Kier alpha value is -1.88. The maximum Gasteiger partial charge on any atom is 0.147 e. The molecule has 1 atom stereocenters. The van der Waals surface area contributed by atoms with Crippen LogP contribution in [0, 0.1) is 0 Å². The molecule has 2 rings (SSSR count). The van der Waals surface area contributed by atoms with E-state index in [4.69, 9.17) is 5.73 Å². The van der Waals surface area contributed by atoms with Crippen LogP contribution < -0.4 is 11.1 Å². The minimum absolute atomic E-state index is 0.308. The minimum atomic E-state index is 0.308. The molecular weight excluding hydrogens is 244 g/mol. The smallest absolute Gasteiger partial charge is 0.147 e. The number of pyridine rings is 1. The summed E-state index contributed by atoms with van der Waals surface area (Å²) in [6.07, 6.45) is 6.30. The number of anilines is 2. The maximum atomic E-state index is 5.94. The van der Waals surface area contributed by atoms with Crippen molar-refractivity contribution in [3.63, 3.8) is 0 Å². The summed E-state index contributed by atoms with van der Waals surface area (Å²) in [6.45, 7) is 5.85. The van der Waals surface area contributed by atoms with Crippen molar-refractivity contribution in [2.45, 2.75) is 19.4 Å². The van der Waals surface area contributed by atoms with Crippen molar-refractivity contribution in [2.24, 2.45) is 0 Å². The molecule has 1 unspecified atom stereocenters. The summed E-state index contributed by atoms with van der Waals surface area (Å²) in [4.78, 5) is 4.01. The quantitative estimate of drug-likeness (QED) is 0.810. The number of rotatable bonds is 5. The molecule has 0 amide bonds. The van der Waals surface area contributed by atoms with E-state index in [0.29, 0.717) is 11.9 Å². The zero-order valence-corrected chi connectivity index (χ0v) is 11.1. The van der Waals surface area contributed by atoms with Gasteiger partial charge in [0.1, 0.15) is 10.8 Å². The van der Waals surface area contributed by atoms with Crippen molar-refractivity contribution in [3.05, 3.63) is 37.2 Å². The second-order valence-corrected chi connectivity index (χ2v) is 4.85. The van der Waals surface area contributed by atoms with Crippen molar-refractivity contribution >= 4 is 22.4 Å². The summed E-state index contributed by atoms with van der Waals surface area (Å²) in [5.41, 5.74) is 7.93. The van der Waals surface area contributed by atoms with E-state index in [1.165, 1.54) is 11.5 Å². The molecule has 2 heterocycles. The Labute approximate surface area is 111 Å². The van der Waals surface area contributed by atoms with Crippen molar-refractivity contribution in [1.82, 2.24) is 9.36 Å². The summed E-state index contributed by atoms with van der Waals surface area (Å²) in [5.74, 6) is 0.555. The average Bonchev–Trinajstić information content (AvgIpc) is 2.72. The first-order valence-corrected chi connectivity index (χ1v) is 6.52. The molecule has 3 N–H and O–H groups in total. The molecule has 0 radical (unpaired) electrons.